The van der Waals surface area contributed by atoms with Gasteiger partial charge in [0.2, 0.25) is 0 Å². The van der Waals surface area contributed by atoms with Crippen LogP contribution in [0.25, 0.3) is 0 Å². The highest BCUT2D eigenvalue weighted by Crippen LogP contribution is 2.18. The summed E-state index contributed by atoms with van der Waals surface area (Å²) in [6.07, 6.45) is 1.44. The summed E-state index contributed by atoms with van der Waals surface area (Å²) in [4.78, 5) is 0. The number of benzene rings is 2. The molecule has 0 bridgehead atoms. The lowest BCUT2D eigenvalue weighted by Crippen LogP contribution is -2.41. The normalized spacial score (nSPS) is 13.0. The fourth-order valence-electron chi connectivity index (χ4n) is 2.38. The lowest BCUT2D eigenvalue weighted by atomic mass is 9.94. The molecule has 0 amide bonds. The van der Waals surface area contributed by atoms with E-state index in [9.17, 15) is 10.2 Å². The third-order valence-corrected chi connectivity index (χ3v) is 3.93. The zero-order chi connectivity index (χ0) is 16.0. The first-order chi connectivity index (χ1) is 10.5. The maximum atomic E-state index is 10.2. The molecule has 3 nitrogen and oxygen atoms in total. The Morgan fingerprint density at radius 1 is 1.00 bits per heavy atom. The van der Waals surface area contributed by atoms with Crippen molar-refractivity contribution < 1.29 is 10.2 Å². The zero-order valence-electron chi connectivity index (χ0n) is 13.3. The first-order valence-corrected chi connectivity index (χ1v) is 7.72. The first kappa shape index (κ1) is 16.5. The number of aliphatic hydroxyl groups is 1. The lowest BCUT2D eigenvalue weighted by Gasteiger charge is -2.28. The average Bonchev–Trinajstić information content (AvgIpc) is 2.53. The molecule has 1 unspecified atom stereocenters. The van der Waals surface area contributed by atoms with Crippen molar-refractivity contribution in [2.45, 2.75) is 38.3 Å². The Balaban J connectivity index is 1.82. The highest BCUT2D eigenvalue weighted by molar-refractivity contribution is 5.27. The standard InChI is InChI=1S/C19H25NO2/c1-19(2,13-12-15-6-4-3-5-7-15)20-14-18(22)16-8-10-17(21)11-9-16/h3-11,18,20-22H,12-14H2,1-2H3. The molecule has 0 saturated heterocycles. The Labute approximate surface area is 132 Å². The maximum Gasteiger partial charge on any atom is 0.115 e. The van der Waals surface area contributed by atoms with Gasteiger partial charge in [-0.3, -0.25) is 0 Å². The third-order valence-electron chi connectivity index (χ3n) is 3.93. The van der Waals surface area contributed by atoms with Crippen LogP contribution < -0.4 is 5.32 Å². The topological polar surface area (TPSA) is 52.5 Å². The predicted molar refractivity (Wildman–Crippen MR) is 89.9 cm³/mol. The smallest absolute Gasteiger partial charge is 0.115 e. The minimum Gasteiger partial charge on any atom is -0.508 e. The van der Waals surface area contributed by atoms with Gasteiger partial charge in [0.15, 0.2) is 0 Å². The van der Waals surface area contributed by atoms with Gasteiger partial charge in [-0.15, -0.1) is 0 Å². The van der Waals surface area contributed by atoms with E-state index in [1.54, 1.807) is 24.3 Å². The summed E-state index contributed by atoms with van der Waals surface area (Å²) in [5.41, 5.74) is 2.09. The van der Waals surface area contributed by atoms with Crippen LogP contribution in [-0.4, -0.2) is 22.3 Å². The Morgan fingerprint density at radius 3 is 2.27 bits per heavy atom. The predicted octanol–water partition coefficient (Wildman–Crippen LogP) is 3.43. The van der Waals surface area contributed by atoms with E-state index in [0.717, 1.165) is 18.4 Å². The maximum absolute atomic E-state index is 10.2. The van der Waals surface area contributed by atoms with E-state index in [1.165, 1.54) is 5.56 Å². The van der Waals surface area contributed by atoms with Gasteiger partial charge in [-0.1, -0.05) is 42.5 Å². The number of aliphatic hydroxyl groups excluding tert-OH is 1. The molecule has 0 radical (unpaired) electrons. The van der Waals surface area contributed by atoms with Crippen LogP contribution in [-0.2, 0) is 6.42 Å². The van der Waals surface area contributed by atoms with Crippen LogP contribution in [0.4, 0.5) is 0 Å². The van der Waals surface area contributed by atoms with Crippen molar-refractivity contribution in [1.29, 1.82) is 0 Å². The summed E-state index contributed by atoms with van der Waals surface area (Å²) in [6, 6.07) is 17.1. The van der Waals surface area contributed by atoms with E-state index in [1.807, 2.05) is 6.07 Å². The van der Waals surface area contributed by atoms with Crippen molar-refractivity contribution in [3.8, 4) is 5.75 Å². The molecule has 118 valence electrons. The largest absolute Gasteiger partial charge is 0.508 e. The molecule has 0 spiro atoms. The van der Waals surface area contributed by atoms with E-state index in [4.69, 9.17) is 0 Å². The number of hydrogen-bond acceptors (Lipinski definition) is 3. The van der Waals surface area contributed by atoms with E-state index >= 15 is 0 Å². The Hall–Kier alpha value is -1.84. The molecule has 0 fully saturated rings. The molecule has 22 heavy (non-hydrogen) atoms. The molecule has 3 heteroatoms. The van der Waals surface area contributed by atoms with Crippen LogP contribution in [0.1, 0.15) is 37.5 Å². The summed E-state index contributed by atoms with van der Waals surface area (Å²) in [5, 5.41) is 22.9. The minimum absolute atomic E-state index is 0.0479. The third kappa shape index (κ3) is 5.17. The number of aryl methyl sites for hydroxylation is 1. The monoisotopic (exact) mass is 299 g/mol. The summed E-state index contributed by atoms with van der Waals surface area (Å²) in [7, 11) is 0. The summed E-state index contributed by atoms with van der Waals surface area (Å²) >= 11 is 0. The van der Waals surface area contributed by atoms with Crippen molar-refractivity contribution >= 4 is 0 Å². The average molecular weight is 299 g/mol. The second kappa shape index (κ2) is 7.43. The van der Waals surface area contributed by atoms with E-state index in [0.29, 0.717) is 6.54 Å². The summed E-state index contributed by atoms with van der Waals surface area (Å²) in [5.74, 6) is 0.215. The van der Waals surface area contributed by atoms with Crippen molar-refractivity contribution in [2.24, 2.45) is 0 Å². The number of hydrogen-bond donors (Lipinski definition) is 3. The number of phenolic OH excluding ortho intramolecular Hbond substituents is 1. The van der Waals surface area contributed by atoms with Crippen molar-refractivity contribution in [2.75, 3.05) is 6.54 Å². The number of rotatable bonds is 7. The molecule has 0 aliphatic carbocycles. The quantitative estimate of drug-likeness (QED) is 0.734. The van der Waals surface area contributed by atoms with E-state index < -0.39 is 6.10 Å². The summed E-state index contributed by atoms with van der Waals surface area (Å²) in [6.45, 7) is 4.80. The molecule has 3 N–H and O–H groups in total. The van der Waals surface area contributed by atoms with Gasteiger partial charge in [-0.2, -0.15) is 0 Å². The lowest BCUT2D eigenvalue weighted by molar-refractivity contribution is 0.159. The Kier molecular flexibility index (Phi) is 5.58. The number of nitrogens with one attached hydrogen (secondary N) is 1. The second-order valence-corrected chi connectivity index (χ2v) is 6.36. The summed E-state index contributed by atoms with van der Waals surface area (Å²) < 4.78 is 0. The van der Waals surface area contributed by atoms with Gasteiger partial charge >= 0.3 is 0 Å². The first-order valence-electron chi connectivity index (χ1n) is 7.72. The van der Waals surface area contributed by atoms with Gasteiger partial charge in [0.05, 0.1) is 6.10 Å². The SMILES string of the molecule is CC(C)(CCc1ccccc1)NCC(O)c1ccc(O)cc1. The van der Waals surface area contributed by atoms with Crippen LogP contribution in [0.5, 0.6) is 5.75 Å². The second-order valence-electron chi connectivity index (χ2n) is 6.36. The fraction of sp³-hybridized carbons (Fsp3) is 0.368. The van der Waals surface area contributed by atoms with E-state index in [2.05, 4.69) is 43.4 Å². The minimum atomic E-state index is -0.573. The van der Waals surface area contributed by atoms with Crippen LogP contribution in [0.15, 0.2) is 54.6 Å². The van der Waals surface area contributed by atoms with Crippen LogP contribution >= 0.6 is 0 Å². The number of aromatic hydroxyl groups is 1. The van der Waals surface area contributed by atoms with Crippen LogP contribution in [0, 0.1) is 0 Å². The van der Waals surface area contributed by atoms with Crippen molar-refractivity contribution in [1.82, 2.24) is 5.32 Å². The Morgan fingerprint density at radius 2 is 1.64 bits per heavy atom. The zero-order valence-corrected chi connectivity index (χ0v) is 13.3. The van der Waals surface area contributed by atoms with Crippen molar-refractivity contribution in [3.63, 3.8) is 0 Å². The fourth-order valence-corrected chi connectivity index (χ4v) is 2.38. The highest BCUT2D eigenvalue weighted by atomic mass is 16.3. The van der Waals surface area contributed by atoms with Gasteiger partial charge in [0.25, 0.3) is 0 Å². The molecule has 2 aromatic rings. The molecule has 0 heterocycles. The highest BCUT2D eigenvalue weighted by Gasteiger charge is 2.19. The molecule has 0 saturated carbocycles. The molecule has 0 aliphatic heterocycles. The number of phenols is 1. The molecular formula is C19H25NO2. The van der Waals surface area contributed by atoms with Crippen LogP contribution in [0.2, 0.25) is 0 Å². The van der Waals surface area contributed by atoms with Gasteiger partial charge in [0.1, 0.15) is 5.75 Å². The molecule has 0 aromatic heterocycles. The molecule has 1 atom stereocenters. The van der Waals surface area contributed by atoms with Crippen LogP contribution in [0.3, 0.4) is 0 Å². The number of β-amino-alcohol motifs (C(OH)–C–C–N with tert-alkyl or cyclic N) is 1. The molecular weight excluding hydrogens is 274 g/mol. The Bertz CT molecular complexity index is 564. The van der Waals surface area contributed by atoms with E-state index in [-0.39, 0.29) is 11.3 Å². The molecule has 0 aliphatic rings. The van der Waals surface area contributed by atoms with Gasteiger partial charge in [-0.25, -0.2) is 0 Å². The van der Waals surface area contributed by atoms with Gasteiger partial charge in [-0.05, 0) is 49.9 Å². The van der Waals surface area contributed by atoms with Gasteiger partial charge in [0, 0.05) is 12.1 Å². The molecule has 2 rings (SSSR count). The van der Waals surface area contributed by atoms with Crippen molar-refractivity contribution in [3.05, 3.63) is 65.7 Å². The van der Waals surface area contributed by atoms with Gasteiger partial charge < -0.3 is 15.5 Å². The molecule has 2 aromatic carbocycles.